The van der Waals surface area contributed by atoms with Crippen LogP contribution in [-0.2, 0) is 0 Å². The predicted octanol–water partition coefficient (Wildman–Crippen LogP) is 2.42. The minimum atomic E-state index is -0.0850. The SMILES string of the molecule is CN1CCN(CCCNC(=O)c2ccn3c(-c4cccc(Cl)c4)nnc3c2)CC1. The number of amides is 1. The second-order valence-corrected chi connectivity index (χ2v) is 7.87. The van der Waals surface area contributed by atoms with Crippen LogP contribution in [0.1, 0.15) is 16.8 Å². The number of rotatable bonds is 6. The lowest BCUT2D eigenvalue weighted by atomic mass is 10.2. The highest BCUT2D eigenvalue weighted by molar-refractivity contribution is 6.30. The molecule has 3 aromatic rings. The number of pyridine rings is 1. The van der Waals surface area contributed by atoms with Gasteiger partial charge in [0.25, 0.3) is 5.91 Å². The van der Waals surface area contributed by atoms with E-state index in [1.54, 1.807) is 12.1 Å². The minimum absolute atomic E-state index is 0.0850. The first-order valence-electron chi connectivity index (χ1n) is 9.90. The van der Waals surface area contributed by atoms with E-state index in [0.717, 1.165) is 44.7 Å². The molecular formula is C21H25ClN6O. The molecule has 1 fully saturated rings. The highest BCUT2D eigenvalue weighted by atomic mass is 35.5. The molecule has 8 heteroatoms. The van der Waals surface area contributed by atoms with Crippen molar-refractivity contribution in [2.75, 3.05) is 46.3 Å². The van der Waals surface area contributed by atoms with Crippen LogP contribution in [0.4, 0.5) is 0 Å². The molecule has 1 N–H and O–H groups in total. The van der Waals surface area contributed by atoms with Gasteiger partial charge in [-0.3, -0.25) is 9.20 Å². The van der Waals surface area contributed by atoms with E-state index in [1.807, 2.05) is 34.9 Å². The molecule has 0 spiro atoms. The van der Waals surface area contributed by atoms with Crippen LogP contribution in [0.3, 0.4) is 0 Å². The summed E-state index contributed by atoms with van der Waals surface area (Å²) in [6, 6.07) is 11.0. The lowest BCUT2D eigenvalue weighted by Crippen LogP contribution is -2.45. The summed E-state index contributed by atoms with van der Waals surface area (Å²) in [5.74, 6) is 0.611. The second kappa shape index (κ2) is 8.90. The van der Waals surface area contributed by atoms with Crippen molar-refractivity contribution in [3.05, 3.63) is 53.2 Å². The standard InChI is InChI=1S/C21H25ClN6O/c1-26-10-12-27(13-11-26)8-3-7-23-21(29)17-6-9-28-19(15-17)24-25-20(28)16-4-2-5-18(22)14-16/h2,4-6,9,14-15H,3,7-8,10-13H2,1H3,(H,23,29). The molecular weight excluding hydrogens is 388 g/mol. The molecule has 1 saturated heterocycles. The zero-order chi connectivity index (χ0) is 20.2. The maximum atomic E-state index is 12.5. The molecule has 1 aliphatic rings. The predicted molar refractivity (Wildman–Crippen MR) is 114 cm³/mol. The Balaban J connectivity index is 1.35. The van der Waals surface area contributed by atoms with Crippen molar-refractivity contribution in [3.8, 4) is 11.4 Å². The first kappa shape index (κ1) is 19.8. The van der Waals surface area contributed by atoms with Crippen LogP contribution in [0, 0.1) is 0 Å². The Labute approximate surface area is 175 Å². The number of fused-ring (bicyclic) bond motifs is 1. The molecule has 0 unspecified atom stereocenters. The fourth-order valence-corrected chi connectivity index (χ4v) is 3.72. The van der Waals surface area contributed by atoms with Gasteiger partial charge in [0, 0.05) is 55.1 Å². The molecule has 1 amide bonds. The van der Waals surface area contributed by atoms with Crippen molar-refractivity contribution in [1.82, 2.24) is 29.7 Å². The van der Waals surface area contributed by atoms with Crippen LogP contribution in [0.5, 0.6) is 0 Å². The number of nitrogens with one attached hydrogen (secondary N) is 1. The average molecular weight is 413 g/mol. The lowest BCUT2D eigenvalue weighted by Gasteiger charge is -2.32. The van der Waals surface area contributed by atoms with Gasteiger partial charge in [0.1, 0.15) is 0 Å². The van der Waals surface area contributed by atoms with Gasteiger partial charge < -0.3 is 15.1 Å². The number of likely N-dealkylation sites (N-methyl/N-ethyl adjacent to an activating group) is 1. The minimum Gasteiger partial charge on any atom is -0.352 e. The molecule has 29 heavy (non-hydrogen) atoms. The van der Waals surface area contributed by atoms with E-state index < -0.39 is 0 Å². The number of carbonyl (C=O) groups is 1. The third kappa shape index (κ3) is 4.75. The van der Waals surface area contributed by atoms with Gasteiger partial charge in [-0.2, -0.15) is 0 Å². The van der Waals surface area contributed by atoms with Crippen LogP contribution >= 0.6 is 11.6 Å². The zero-order valence-corrected chi connectivity index (χ0v) is 17.3. The molecule has 7 nitrogen and oxygen atoms in total. The number of benzene rings is 1. The Morgan fingerprint density at radius 1 is 1.14 bits per heavy atom. The Kier molecular flexibility index (Phi) is 6.08. The van der Waals surface area contributed by atoms with Crippen molar-refractivity contribution in [1.29, 1.82) is 0 Å². The molecule has 0 aliphatic carbocycles. The Morgan fingerprint density at radius 2 is 1.97 bits per heavy atom. The van der Waals surface area contributed by atoms with Crippen LogP contribution in [0.15, 0.2) is 42.6 Å². The van der Waals surface area contributed by atoms with Gasteiger partial charge in [-0.05, 0) is 44.3 Å². The van der Waals surface area contributed by atoms with Gasteiger partial charge in [0.15, 0.2) is 11.5 Å². The van der Waals surface area contributed by atoms with Crippen molar-refractivity contribution >= 4 is 23.2 Å². The highest BCUT2D eigenvalue weighted by Crippen LogP contribution is 2.22. The molecule has 0 atom stereocenters. The molecule has 152 valence electrons. The van der Waals surface area contributed by atoms with E-state index >= 15 is 0 Å². The summed E-state index contributed by atoms with van der Waals surface area (Å²) >= 11 is 6.08. The van der Waals surface area contributed by atoms with E-state index in [1.165, 1.54) is 0 Å². The van der Waals surface area contributed by atoms with Crippen molar-refractivity contribution in [2.45, 2.75) is 6.42 Å². The first-order valence-corrected chi connectivity index (χ1v) is 10.3. The summed E-state index contributed by atoms with van der Waals surface area (Å²) in [4.78, 5) is 17.3. The number of hydrogen-bond donors (Lipinski definition) is 1. The van der Waals surface area contributed by atoms with Crippen molar-refractivity contribution < 1.29 is 4.79 Å². The second-order valence-electron chi connectivity index (χ2n) is 7.43. The Morgan fingerprint density at radius 3 is 2.76 bits per heavy atom. The van der Waals surface area contributed by atoms with Gasteiger partial charge in [0.2, 0.25) is 0 Å². The van der Waals surface area contributed by atoms with E-state index in [9.17, 15) is 4.79 Å². The summed E-state index contributed by atoms with van der Waals surface area (Å²) < 4.78 is 1.86. The zero-order valence-electron chi connectivity index (χ0n) is 16.5. The summed E-state index contributed by atoms with van der Waals surface area (Å²) in [6.07, 6.45) is 2.77. The van der Waals surface area contributed by atoms with Gasteiger partial charge in [-0.25, -0.2) is 0 Å². The molecule has 4 rings (SSSR count). The monoisotopic (exact) mass is 412 g/mol. The normalized spacial score (nSPS) is 15.7. The smallest absolute Gasteiger partial charge is 0.251 e. The summed E-state index contributed by atoms with van der Waals surface area (Å²) in [5.41, 5.74) is 2.10. The van der Waals surface area contributed by atoms with Crippen LogP contribution in [0.2, 0.25) is 5.02 Å². The van der Waals surface area contributed by atoms with Gasteiger partial charge in [-0.1, -0.05) is 23.7 Å². The third-order valence-corrected chi connectivity index (χ3v) is 5.52. The molecule has 0 bridgehead atoms. The van der Waals surface area contributed by atoms with Crippen molar-refractivity contribution in [3.63, 3.8) is 0 Å². The highest BCUT2D eigenvalue weighted by Gasteiger charge is 2.14. The number of hydrogen-bond acceptors (Lipinski definition) is 5. The van der Waals surface area contributed by atoms with E-state index in [4.69, 9.17) is 11.6 Å². The van der Waals surface area contributed by atoms with E-state index in [-0.39, 0.29) is 5.91 Å². The number of aromatic nitrogens is 3. The number of nitrogens with zero attached hydrogens (tertiary/aromatic N) is 5. The summed E-state index contributed by atoms with van der Waals surface area (Å²) in [7, 11) is 2.15. The van der Waals surface area contributed by atoms with Crippen LogP contribution < -0.4 is 5.32 Å². The average Bonchev–Trinajstić information content (AvgIpc) is 3.15. The molecule has 0 saturated carbocycles. The maximum absolute atomic E-state index is 12.5. The third-order valence-electron chi connectivity index (χ3n) is 5.29. The van der Waals surface area contributed by atoms with Gasteiger partial charge in [-0.15, -0.1) is 10.2 Å². The Bertz CT molecular complexity index is 996. The first-order chi connectivity index (χ1) is 14.1. The molecule has 1 aliphatic heterocycles. The molecule has 3 heterocycles. The van der Waals surface area contributed by atoms with Gasteiger partial charge >= 0.3 is 0 Å². The van der Waals surface area contributed by atoms with Crippen LogP contribution in [0.25, 0.3) is 17.0 Å². The number of piperazine rings is 1. The van der Waals surface area contributed by atoms with Gasteiger partial charge in [0.05, 0.1) is 0 Å². The fourth-order valence-electron chi connectivity index (χ4n) is 3.53. The number of halogens is 1. The Hall–Kier alpha value is -2.48. The summed E-state index contributed by atoms with van der Waals surface area (Å²) in [6.45, 7) is 6.10. The summed E-state index contributed by atoms with van der Waals surface area (Å²) in [5, 5.41) is 12.1. The van der Waals surface area contributed by atoms with Crippen LogP contribution in [-0.4, -0.2) is 76.6 Å². The fraction of sp³-hybridized carbons (Fsp3) is 0.381. The van der Waals surface area contributed by atoms with E-state index in [0.29, 0.717) is 28.6 Å². The maximum Gasteiger partial charge on any atom is 0.251 e. The quantitative estimate of drug-likeness (QED) is 0.630. The molecule has 1 aromatic carbocycles. The molecule has 2 aromatic heterocycles. The van der Waals surface area contributed by atoms with Crippen molar-refractivity contribution in [2.24, 2.45) is 0 Å². The molecule has 0 radical (unpaired) electrons. The topological polar surface area (TPSA) is 65.8 Å². The number of carbonyl (C=O) groups excluding carboxylic acids is 1. The van der Waals surface area contributed by atoms with E-state index in [2.05, 4.69) is 32.4 Å². The lowest BCUT2D eigenvalue weighted by molar-refractivity contribution is 0.0949. The largest absolute Gasteiger partial charge is 0.352 e.